The second kappa shape index (κ2) is 5.42. The molecule has 0 bridgehead atoms. The Morgan fingerprint density at radius 1 is 1.30 bits per heavy atom. The number of phenolic OH excluding ortho intramolecular Hbond substituents is 1. The minimum atomic E-state index is -0.252. The van der Waals surface area contributed by atoms with Crippen molar-refractivity contribution in [3.8, 4) is 11.5 Å². The van der Waals surface area contributed by atoms with E-state index in [4.69, 9.17) is 4.74 Å². The molecule has 3 nitrogen and oxygen atoms in total. The fourth-order valence-corrected chi connectivity index (χ4v) is 2.67. The summed E-state index contributed by atoms with van der Waals surface area (Å²) in [6, 6.07) is 9.75. The molecule has 1 atom stereocenters. The summed E-state index contributed by atoms with van der Waals surface area (Å²) in [6.07, 6.45) is 0. The van der Waals surface area contributed by atoms with Gasteiger partial charge in [0.25, 0.3) is 0 Å². The zero-order valence-corrected chi connectivity index (χ0v) is 12.2. The molecule has 2 aromatic rings. The van der Waals surface area contributed by atoms with E-state index >= 15 is 0 Å². The van der Waals surface area contributed by atoms with Gasteiger partial charge in [0.15, 0.2) is 0 Å². The highest BCUT2D eigenvalue weighted by Crippen LogP contribution is 2.35. The van der Waals surface area contributed by atoms with Gasteiger partial charge >= 0.3 is 0 Å². The van der Waals surface area contributed by atoms with Gasteiger partial charge in [-0.15, -0.1) is 0 Å². The van der Waals surface area contributed by atoms with Crippen molar-refractivity contribution in [1.29, 1.82) is 0 Å². The SMILES string of the molecule is Oc1ccc2c(c1)OCC2NCc1cc(F)ccc1Br. The van der Waals surface area contributed by atoms with E-state index in [0.717, 1.165) is 15.6 Å². The molecule has 0 amide bonds. The van der Waals surface area contributed by atoms with Crippen molar-refractivity contribution in [2.75, 3.05) is 6.61 Å². The first-order valence-electron chi connectivity index (χ1n) is 6.26. The molecule has 2 aromatic carbocycles. The highest BCUT2D eigenvalue weighted by atomic mass is 79.9. The second-order valence-electron chi connectivity index (χ2n) is 4.70. The van der Waals surface area contributed by atoms with Crippen LogP contribution in [-0.2, 0) is 6.54 Å². The molecule has 0 spiro atoms. The Morgan fingerprint density at radius 2 is 2.15 bits per heavy atom. The maximum Gasteiger partial charge on any atom is 0.127 e. The molecule has 2 N–H and O–H groups in total. The van der Waals surface area contributed by atoms with Gasteiger partial charge in [-0.2, -0.15) is 0 Å². The maximum absolute atomic E-state index is 13.2. The summed E-state index contributed by atoms with van der Waals surface area (Å²) in [6.45, 7) is 1.04. The first-order valence-corrected chi connectivity index (χ1v) is 7.06. The maximum atomic E-state index is 13.2. The van der Waals surface area contributed by atoms with Crippen LogP contribution in [0.1, 0.15) is 17.2 Å². The molecule has 5 heteroatoms. The number of rotatable bonds is 3. The summed E-state index contributed by atoms with van der Waals surface area (Å²) in [5.41, 5.74) is 1.87. The number of fused-ring (bicyclic) bond motifs is 1. The molecule has 104 valence electrons. The quantitative estimate of drug-likeness (QED) is 0.900. The van der Waals surface area contributed by atoms with Crippen LogP contribution in [0.15, 0.2) is 40.9 Å². The number of ether oxygens (including phenoxy) is 1. The van der Waals surface area contributed by atoms with Gasteiger partial charge in [0.2, 0.25) is 0 Å². The summed E-state index contributed by atoms with van der Waals surface area (Å²) >= 11 is 3.41. The van der Waals surface area contributed by atoms with Crippen LogP contribution in [-0.4, -0.2) is 11.7 Å². The van der Waals surface area contributed by atoms with Crippen LogP contribution in [0.4, 0.5) is 4.39 Å². The Labute approximate surface area is 124 Å². The molecular weight excluding hydrogens is 325 g/mol. The van der Waals surface area contributed by atoms with Gasteiger partial charge in [0, 0.05) is 22.6 Å². The van der Waals surface area contributed by atoms with Crippen LogP contribution in [0.5, 0.6) is 11.5 Å². The molecule has 20 heavy (non-hydrogen) atoms. The number of phenols is 1. The molecule has 0 fully saturated rings. The Hall–Kier alpha value is -1.59. The summed E-state index contributed by atoms with van der Waals surface area (Å²) in [5.74, 6) is 0.635. The van der Waals surface area contributed by atoms with Crippen molar-refractivity contribution in [1.82, 2.24) is 5.32 Å². The van der Waals surface area contributed by atoms with Crippen LogP contribution >= 0.6 is 15.9 Å². The van der Waals surface area contributed by atoms with Gasteiger partial charge < -0.3 is 15.2 Å². The summed E-state index contributed by atoms with van der Waals surface area (Å²) in [5, 5.41) is 12.7. The normalized spacial score (nSPS) is 16.8. The average Bonchev–Trinajstić information content (AvgIpc) is 2.82. The summed E-state index contributed by atoms with van der Waals surface area (Å²) in [7, 11) is 0. The van der Waals surface area contributed by atoms with Crippen molar-refractivity contribution in [2.24, 2.45) is 0 Å². The van der Waals surface area contributed by atoms with Crippen molar-refractivity contribution in [3.05, 3.63) is 57.8 Å². The zero-order chi connectivity index (χ0) is 14.1. The number of aromatic hydroxyl groups is 1. The number of halogens is 2. The van der Waals surface area contributed by atoms with Crippen LogP contribution < -0.4 is 10.1 Å². The predicted octanol–water partition coefficient (Wildman–Crippen LogP) is 3.52. The standard InChI is InChI=1S/C15H13BrFNO2/c16-13-4-1-10(17)5-9(13)7-18-14-8-20-15-6-11(19)2-3-12(14)15/h1-6,14,18-19H,7-8H2. The van der Waals surface area contributed by atoms with Crippen molar-refractivity contribution in [2.45, 2.75) is 12.6 Å². The van der Waals surface area contributed by atoms with E-state index in [1.807, 2.05) is 6.07 Å². The van der Waals surface area contributed by atoms with E-state index in [9.17, 15) is 9.50 Å². The van der Waals surface area contributed by atoms with E-state index in [-0.39, 0.29) is 17.6 Å². The lowest BCUT2D eigenvalue weighted by molar-refractivity contribution is 0.309. The fraction of sp³-hybridized carbons (Fsp3) is 0.200. The third-order valence-corrected chi connectivity index (χ3v) is 4.10. The number of nitrogens with one attached hydrogen (secondary N) is 1. The summed E-state index contributed by atoms with van der Waals surface area (Å²) < 4.78 is 19.6. The second-order valence-corrected chi connectivity index (χ2v) is 5.56. The third kappa shape index (κ3) is 2.64. The molecule has 3 rings (SSSR count). The number of hydrogen-bond donors (Lipinski definition) is 2. The van der Waals surface area contributed by atoms with Gasteiger partial charge in [-0.3, -0.25) is 0 Å². The van der Waals surface area contributed by atoms with Gasteiger partial charge in [-0.1, -0.05) is 15.9 Å². The first kappa shape index (κ1) is 13.4. The smallest absolute Gasteiger partial charge is 0.127 e. The van der Waals surface area contributed by atoms with E-state index in [2.05, 4.69) is 21.2 Å². The van der Waals surface area contributed by atoms with E-state index in [0.29, 0.717) is 18.9 Å². The summed E-state index contributed by atoms with van der Waals surface area (Å²) in [4.78, 5) is 0. The molecule has 0 saturated carbocycles. The minimum absolute atomic E-state index is 0.0424. The lowest BCUT2D eigenvalue weighted by atomic mass is 10.1. The zero-order valence-electron chi connectivity index (χ0n) is 10.6. The highest BCUT2D eigenvalue weighted by Gasteiger charge is 2.24. The van der Waals surface area contributed by atoms with Crippen molar-refractivity contribution < 1.29 is 14.2 Å². The topological polar surface area (TPSA) is 41.5 Å². The average molecular weight is 338 g/mol. The Balaban J connectivity index is 1.73. The molecule has 1 aliphatic heterocycles. The van der Waals surface area contributed by atoms with Crippen LogP contribution in [0, 0.1) is 5.82 Å². The van der Waals surface area contributed by atoms with Crippen molar-refractivity contribution in [3.63, 3.8) is 0 Å². The largest absolute Gasteiger partial charge is 0.508 e. The number of hydrogen-bond acceptors (Lipinski definition) is 3. The molecule has 0 aromatic heterocycles. The fourth-order valence-electron chi connectivity index (χ4n) is 2.28. The third-order valence-electron chi connectivity index (χ3n) is 3.32. The van der Waals surface area contributed by atoms with Crippen LogP contribution in [0.3, 0.4) is 0 Å². The minimum Gasteiger partial charge on any atom is -0.508 e. The lowest BCUT2D eigenvalue weighted by Crippen LogP contribution is -2.22. The van der Waals surface area contributed by atoms with E-state index in [1.165, 1.54) is 12.1 Å². The van der Waals surface area contributed by atoms with Gasteiger partial charge in [0.1, 0.15) is 23.9 Å². The molecule has 0 aliphatic carbocycles. The highest BCUT2D eigenvalue weighted by molar-refractivity contribution is 9.10. The van der Waals surface area contributed by atoms with Gasteiger partial charge in [-0.25, -0.2) is 4.39 Å². The molecule has 0 saturated heterocycles. The van der Waals surface area contributed by atoms with Crippen molar-refractivity contribution >= 4 is 15.9 Å². The molecule has 0 radical (unpaired) electrons. The first-order chi connectivity index (χ1) is 9.63. The predicted molar refractivity (Wildman–Crippen MR) is 77.3 cm³/mol. The molecular formula is C15H13BrFNO2. The Bertz CT molecular complexity index is 648. The monoisotopic (exact) mass is 337 g/mol. The Kier molecular flexibility index (Phi) is 3.63. The molecule has 1 heterocycles. The Morgan fingerprint density at radius 3 is 3.00 bits per heavy atom. The van der Waals surface area contributed by atoms with E-state index < -0.39 is 0 Å². The van der Waals surface area contributed by atoms with Crippen LogP contribution in [0.25, 0.3) is 0 Å². The van der Waals surface area contributed by atoms with Crippen LogP contribution in [0.2, 0.25) is 0 Å². The molecule has 1 unspecified atom stereocenters. The van der Waals surface area contributed by atoms with Gasteiger partial charge in [-0.05, 0) is 35.9 Å². The lowest BCUT2D eigenvalue weighted by Gasteiger charge is -2.12. The molecule has 1 aliphatic rings. The van der Waals surface area contributed by atoms with E-state index in [1.54, 1.807) is 18.2 Å². The van der Waals surface area contributed by atoms with Gasteiger partial charge in [0.05, 0.1) is 6.04 Å². The number of benzene rings is 2.